The van der Waals surface area contributed by atoms with Gasteiger partial charge in [-0.2, -0.15) is 4.39 Å². The maximum absolute atomic E-state index is 13.5. The molecule has 0 fully saturated rings. The Kier molecular flexibility index (Phi) is 4.09. The van der Waals surface area contributed by atoms with Gasteiger partial charge in [-0.25, -0.2) is 12.8 Å². The van der Waals surface area contributed by atoms with Crippen molar-refractivity contribution >= 4 is 15.5 Å². The number of benzene rings is 2. The average molecular weight is 329 g/mol. The monoisotopic (exact) mass is 329 g/mol. The molecule has 0 atom stereocenters. The smallest absolute Gasteiger partial charge is 0.312 e. The third kappa shape index (κ3) is 3.19. The molecule has 9 heteroatoms. The summed E-state index contributed by atoms with van der Waals surface area (Å²) in [5.74, 6) is -3.42. The number of sulfone groups is 1. The fourth-order valence-corrected chi connectivity index (χ4v) is 2.28. The number of hydrogen-bond acceptors (Lipinski definition) is 5. The summed E-state index contributed by atoms with van der Waals surface area (Å²) in [5.41, 5.74) is -0.674. The molecule has 0 aliphatic rings. The standard InChI is InChI=1S/C13H9F2NO5S/c1-22(19,20)8-5-6-11(10(7-8)16(17)18)21-12-4-2-3-9(14)13(12)15/h2-7H,1H3. The SMILES string of the molecule is CS(=O)(=O)c1ccc(Oc2cccc(F)c2F)c([N+](=O)[O-])c1. The summed E-state index contributed by atoms with van der Waals surface area (Å²) >= 11 is 0. The van der Waals surface area contributed by atoms with Crippen molar-refractivity contribution < 1.29 is 26.9 Å². The number of nitro benzene ring substituents is 1. The van der Waals surface area contributed by atoms with Crippen molar-refractivity contribution in [2.24, 2.45) is 0 Å². The van der Waals surface area contributed by atoms with Crippen molar-refractivity contribution in [2.45, 2.75) is 4.90 Å². The normalized spacial score (nSPS) is 11.2. The lowest BCUT2D eigenvalue weighted by molar-refractivity contribution is -0.385. The van der Waals surface area contributed by atoms with Gasteiger partial charge in [0.15, 0.2) is 21.4 Å². The number of hydrogen-bond donors (Lipinski definition) is 0. The zero-order chi connectivity index (χ0) is 16.5. The molecule has 2 rings (SSSR count). The Balaban J connectivity index is 2.52. The van der Waals surface area contributed by atoms with E-state index in [-0.39, 0.29) is 4.90 Å². The zero-order valence-corrected chi connectivity index (χ0v) is 11.9. The minimum absolute atomic E-state index is 0.286. The molecule has 0 amide bonds. The molecule has 0 aliphatic carbocycles. The van der Waals surface area contributed by atoms with Gasteiger partial charge in [-0.1, -0.05) is 6.07 Å². The lowest BCUT2D eigenvalue weighted by atomic mass is 10.3. The summed E-state index contributed by atoms with van der Waals surface area (Å²) in [6.45, 7) is 0. The first-order valence-electron chi connectivity index (χ1n) is 5.80. The third-order valence-electron chi connectivity index (χ3n) is 2.69. The van der Waals surface area contributed by atoms with Crippen molar-refractivity contribution in [3.8, 4) is 11.5 Å². The molecular formula is C13H9F2NO5S. The quantitative estimate of drug-likeness (QED) is 0.635. The van der Waals surface area contributed by atoms with Crippen molar-refractivity contribution in [1.29, 1.82) is 0 Å². The van der Waals surface area contributed by atoms with Gasteiger partial charge in [-0.3, -0.25) is 10.1 Å². The van der Waals surface area contributed by atoms with Crippen LogP contribution in [0.2, 0.25) is 0 Å². The van der Waals surface area contributed by atoms with E-state index in [1.165, 1.54) is 6.07 Å². The Morgan fingerprint density at radius 1 is 1.14 bits per heavy atom. The molecule has 0 aliphatic heterocycles. The van der Waals surface area contributed by atoms with E-state index < -0.39 is 43.6 Å². The highest BCUT2D eigenvalue weighted by atomic mass is 32.2. The van der Waals surface area contributed by atoms with Gasteiger partial charge in [0.25, 0.3) is 0 Å². The maximum atomic E-state index is 13.5. The summed E-state index contributed by atoms with van der Waals surface area (Å²) in [7, 11) is -3.66. The minimum Gasteiger partial charge on any atom is -0.447 e. The van der Waals surface area contributed by atoms with E-state index in [0.29, 0.717) is 0 Å². The van der Waals surface area contributed by atoms with Gasteiger partial charge in [-0.05, 0) is 24.3 Å². The molecular weight excluding hydrogens is 320 g/mol. The van der Waals surface area contributed by atoms with Crippen LogP contribution in [0.25, 0.3) is 0 Å². The summed E-state index contributed by atoms with van der Waals surface area (Å²) in [4.78, 5) is 9.85. The fourth-order valence-electron chi connectivity index (χ4n) is 1.64. The van der Waals surface area contributed by atoms with Gasteiger partial charge in [-0.15, -0.1) is 0 Å². The van der Waals surface area contributed by atoms with Gasteiger partial charge in [0, 0.05) is 12.3 Å². The predicted molar refractivity (Wildman–Crippen MR) is 72.6 cm³/mol. The molecule has 0 spiro atoms. The van der Waals surface area contributed by atoms with E-state index >= 15 is 0 Å². The summed E-state index contributed by atoms with van der Waals surface area (Å²) < 4.78 is 54.4. The Hall–Kier alpha value is -2.55. The fraction of sp³-hybridized carbons (Fsp3) is 0.0769. The van der Waals surface area contributed by atoms with Gasteiger partial charge in [0.05, 0.1) is 9.82 Å². The molecule has 22 heavy (non-hydrogen) atoms. The van der Waals surface area contributed by atoms with E-state index in [0.717, 1.165) is 36.6 Å². The van der Waals surface area contributed by atoms with Gasteiger partial charge >= 0.3 is 5.69 Å². The van der Waals surface area contributed by atoms with Crippen LogP contribution < -0.4 is 4.74 Å². The van der Waals surface area contributed by atoms with Crippen LogP contribution in [0.4, 0.5) is 14.5 Å². The Labute approximate surface area is 124 Å². The highest BCUT2D eigenvalue weighted by molar-refractivity contribution is 7.90. The first-order valence-corrected chi connectivity index (χ1v) is 7.69. The summed E-state index contributed by atoms with van der Waals surface area (Å²) in [5, 5.41) is 11.0. The van der Waals surface area contributed by atoms with Crippen LogP contribution in [0.5, 0.6) is 11.5 Å². The van der Waals surface area contributed by atoms with Crippen molar-refractivity contribution in [1.82, 2.24) is 0 Å². The minimum atomic E-state index is -3.66. The average Bonchev–Trinajstić information content (AvgIpc) is 2.43. The van der Waals surface area contributed by atoms with Crippen molar-refractivity contribution in [3.05, 3.63) is 58.1 Å². The molecule has 2 aromatic rings. The molecule has 2 aromatic carbocycles. The highest BCUT2D eigenvalue weighted by Crippen LogP contribution is 2.34. The van der Waals surface area contributed by atoms with Crippen LogP contribution >= 0.6 is 0 Å². The number of nitrogens with zero attached hydrogens (tertiary/aromatic N) is 1. The largest absolute Gasteiger partial charge is 0.447 e. The molecule has 0 saturated heterocycles. The van der Waals surface area contributed by atoms with E-state index in [1.54, 1.807) is 0 Å². The Morgan fingerprint density at radius 2 is 1.82 bits per heavy atom. The first kappa shape index (κ1) is 15.8. The lowest BCUT2D eigenvalue weighted by Crippen LogP contribution is -2.01. The molecule has 0 aromatic heterocycles. The van der Waals surface area contributed by atoms with E-state index in [1.807, 2.05) is 0 Å². The molecule has 0 radical (unpaired) electrons. The van der Waals surface area contributed by atoms with E-state index in [4.69, 9.17) is 4.74 Å². The van der Waals surface area contributed by atoms with Crippen LogP contribution in [0.15, 0.2) is 41.3 Å². The maximum Gasteiger partial charge on any atom is 0.312 e. The van der Waals surface area contributed by atoms with Crippen LogP contribution in [0.3, 0.4) is 0 Å². The number of rotatable bonds is 4. The molecule has 0 bridgehead atoms. The number of nitro groups is 1. The first-order chi connectivity index (χ1) is 10.2. The van der Waals surface area contributed by atoms with Gasteiger partial charge < -0.3 is 4.74 Å². The predicted octanol–water partition coefficient (Wildman–Crippen LogP) is 3.07. The van der Waals surface area contributed by atoms with E-state index in [9.17, 15) is 27.3 Å². The second-order valence-electron chi connectivity index (χ2n) is 4.31. The zero-order valence-electron chi connectivity index (χ0n) is 11.1. The Bertz CT molecular complexity index is 852. The number of ether oxygens (including phenoxy) is 1. The molecule has 6 nitrogen and oxygen atoms in total. The third-order valence-corrected chi connectivity index (χ3v) is 3.80. The molecule has 0 heterocycles. The second-order valence-corrected chi connectivity index (χ2v) is 6.33. The molecule has 0 saturated carbocycles. The second kappa shape index (κ2) is 5.68. The van der Waals surface area contributed by atoms with Crippen LogP contribution in [0.1, 0.15) is 0 Å². The van der Waals surface area contributed by atoms with E-state index in [2.05, 4.69) is 0 Å². The van der Waals surface area contributed by atoms with Crippen LogP contribution in [-0.2, 0) is 9.84 Å². The van der Waals surface area contributed by atoms with Crippen molar-refractivity contribution in [3.63, 3.8) is 0 Å². The number of halogens is 2. The lowest BCUT2D eigenvalue weighted by Gasteiger charge is -2.08. The van der Waals surface area contributed by atoms with Gasteiger partial charge in [0.1, 0.15) is 0 Å². The van der Waals surface area contributed by atoms with Gasteiger partial charge in [0.2, 0.25) is 11.6 Å². The highest BCUT2D eigenvalue weighted by Gasteiger charge is 2.21. The molecule has 116 valence electrons. The van der Waals surface area contributed by atoms with Crippen LogP contribution in [0, 0.1) is 21.7 Å². The summed E-state index contributed by atoms with van der Waals surface area (Å²) in [6.07, 6.45) is 0.888. The Morgan fingerprint density at radius 3 is 2.41 bits per heavy atom. The molecule has 0 N–H and O–H groups in total. The topological polar surface area (TPSA) is 86.5 Å². The van der Waals surface area contributed by atoms with Crippen molar-refractivity contribution in [2.75, 3.05) is 6.26 Å². The van der Waals surface area contributed by atoms with Crippen LogP contribution in [-0.4, -0.2) is 19.6 Å². The molecule has 0 unspecified atom stereocenters. The summed E-state index contributed by atoms with van der Waals surface area (Å²) in [6, 6.07) is 6.01.